The lowest BCUT2D eigenvalue weighted by atomic mass is 10.1. The van der Waals surface area contributed by atoms with E-state index in [1.807, 2.05) is 0 Å². The molecule has 1 rings (SSSR count). The van der Waals surface area contributed by atoms with Crippen molar-refractivity contribution in [3.05, 3.63) is 0 Å². The summed E-state index contributed by atoms with van der Waals surface area (Å²) < 4.78 is 0. The quantitative estimate of drug-likeness (QED) is 0.519. The fraction of sp³-hybridized carbons (Fsp3) is 0.875. The maximum atomic E-state index is 11.3. The van der Waals surface area contributed by atoms with E-state index in [1.54, 1.807) is 0 Å². The molecular weight excluding hydrogens is 154 g/mol. The molecule has 12 heavy (non-hydrogen) atoms. The van der Waals surface area contributed by atoms with Crippen molar-refractivity contribution in [2.24, 2.45) is 17.4 Å². The number of amides is 1. The maximum Gasteiger partial charge on any atom is 0.223 e. The third-order valence-electron chi connectivity index (χ3n) is 2.29. The smallest absolute Gasteiger partial charge is 0.223 e. The van der Waals surface area contributed by atoms with Crippen molar-refractivity contribution in [1.29, 1.82) is 0 Å². The molecule has 1 aliphatic carbocycles. The van der Waals surface area contributed by atoms with Gasteiger partial charge in [0.2, 0.25) is 5.91 Å². The van der Waals surface area contributed by atoms with Crippen LogP contribution in [-0.2, 0) is 4.79 Å². The van der Waals surface area contributed by atoms with Crippen molar-refractivity contribution in [1.82, 2.24) is 5.32 Å². The maximum absolute atomic E-state index is 11.3. The molecule has 2 atom stereocenters. The van der Waals surface area contributed by atoms with E-state index < -0.39 is 0 Å². The molecular formula is C8H17N3O. The van der Waals surface area contributed by atoms with Crippen molar-refractivity contribution in [3.63, 3.8) is 0 Å². The van der Waals surface area contributed by atoms with Gasteiger partial charge in [0.05, 0.1) is 0 Å². The summed E-state index contributed by atoms with van der Waals surface area (Å²) in [6.45, 7) is 1.08. The third kappa shape index (κ3) is 2.46. The second-order valence-corrected chi connectivity index (χ2v) is 3.35. The van der Waals surface area contributed by atoms with E-state index in [-0.39, 0.29) is 17.9 Å². The number of carbonyl (C=O) groups excluding carboxylic acids is 1. The summed E-state index contributed by atoms with van der Waals surface area (Å²) in [6.07, 6.45) is 2.73. The van der Waals surface area contributed by atoms with Crippen LogP contribution in [-0.4, -0.2) is 25.0 Å². The Kier molecular flexibility index (Phi) is 3.49. The molecule has 1 fully saturated rings. The van der Waals surface area contributed by atoms with Crippen LogP contribution in [0.1, 0.15) is 19.3 Å². The van der Waals surface area contributed by atoms with Gasteiger partial charge in [0.25, 0.3) is 0 Å². The molecule has 4 heteroatoms. The van der Waals surface area contributed by atoms with Crippen LogP contribution in [0.3, 0.4) is 0 Å². The number of hydrogen-bond acceptors (Lipinski definition) is 3. The van der Waals surface area contributed by atoms with Crippen LogP contribution in [0, 0.1) is 5.92 Å². The summed E-state index contributed by atoms with van der Waals surface area (Å²) in [4.78, 5) is 11.3. The summed E-state index contributed by atoms with van der Waals surface area (Å²) >= 11 is 0. The normalized spacial score (nSPS) is 28.8. The summed E-state index contributed by atoms with van der Waals surface area (Å²) in [7, 11) is 0. The van der Waals surface area contributed by atoms with Gasteiger partial charge in [-0.1, -0.05) is 0 Å². The van der Waals surface area contributed by atoms with E-state index in [9.17, 15) is 4.79 Å². The standard InChI is InChI=1S/C8H17N3O/c9-3-4-11-8(12)6-1-2-7(10)5-6/h6-7H,1-5,9-10H2,(H,11,12). The Hall–Kier alpha value is -0.610. The molecule has 0 aliphatic heterocycles. The second-order valence-electron chi connectivity index (χ2n) is 3.35. The van der Waals surface area contributed by atoms with E-state index in [0.29, 0.717) is 13.1 Å². The van der Waals surface area contributed by atoms with Gasteiger partial charge in [-0.3, -0.25) is 4.79 Å². The lowest BCUT2D eigenvalue weighted by Crippen LogP contribution is -2.33. The van der Waals surface area contributed by atoms with E-state index >= 15 is 0 Å². The van der Waals surface area contributed by atoms with Crippen molar-refractivity contribution in [2.75, 3.05) is 13.1 Å². The zero-order valence-electron chi connectivity index (χ0n) is 7.25. The van der Waals surface area contributed by atoms with Gasteiger partial charge in [0.15, 0.2) is 0 Å². The first-order valence-electron chi connectivity index (χ1n) is 4.47. The Morgan fingerprint density at radius 2 is 2.25 bits per heavy atom. The van der Waals surface area contributed by atoms with Gasteiger partial charge in [0.1, 0.15) is 0 Å². The van der Waals surface area contributed by atoms with Crippen LogP contribution in [0.15, 0.2) is 0 Å². The minimum atomic E-state index is 0.119. The van der Waals surface area contributed by atoms with Gasteiger partial charge < -0.3 is 16.8 Å². The summed E-state index contributed by atoms with van der Waals surface area (Å²) in [5.41, 5.74) is 11.0. The van der Waals surface area contributed by atoms with Crippen LogP contribution in [0.25, 0.3) is 0 Å². The predicted molar refractivity (Wildman–Crippen MR) is 47.4 cm³/mol. The molecule has 1 aliphatic rings. The molecule has 0 heterocycles. The van der Waals surface area contributed by atoms with Crippen molar-refractivity contribution in [2.45, 2.75) is 25.3 Å². The lowest BCUT2D eigenvalue weighted by molar-refractivity contribution is -0.124. The van der Waals surface area contributed by atoms with Crippen LogP contribution < -0.4 is 16.8 Å². The first-order valence-corrected chi connectivity index (χ1v) is 4.47. The largest absolute Gasteiger partial charge is 0.355 e. The number of nitrogens with one attached hydrogen (secondary N) is 1. The SMILES string of the molecule is NCCNC(=O)C1CCC(N)C1. The molecule has 70 valence electrons. The molecule has 2 unspecified atom stereocenters. The Labute approximate surface area is 72.7 Å². The van der Waals surface area contributed by atoms with Gasteiger partial charge >= 0.3 is 0 Å². The van der Waals surface area contributed by atoms with Crippen LogP contribution >= 0.6 is 0 Å². The molecule has 0 aromatic carbocycles. The Balaban J connectivity index is 2.23. The van der Waals surface area contributed by atoms with Crippen molar-refractivity contribution < 1.29 is 4.79 Å². The van der Waals surface area contributed by atoms with Crippen LogP contribution in [0.2, 0.25) is 0 Å². The van der Waals surface area contributed by atoms with Crippen LogP contribution in [0.5, 0.6) is 0 Å². The zero-order valence-corrected chi connectivity index (χ0v) is 7.25. The molecule has 1 saturated carbocycles. The van der Waals surface area contributed by atoms with Crippen molar-refractivity contribution >= 4 is 5.91 Å². The third-order valence-corrected chi connectivity index (χ3v) is 2.29. The first kappa shape index (κ1) is 9.48. The van der Waals surface area contributed by atoms with E-state index in [4.69, 9.17) is 11.5 Å². The molecule has 0 bridgehead atoms. The second kappa shape index (κ2) is 4.42. The van der Waals surface area contributed by atoms with E-state index in [2.05, 4.69) is 5.32 Å². The highest BCUT2D eigenvalue weighted by Gasteiger charge is 2.27. The predicted octanol–water partition coefficient (Wildman–Crippen LogP) is -0.811. The fourth-order valence-electron chi connectivity index (χ4n) is 1.59. The topological polar surface area (TPSA) is 81.1 Å². The van der Waals surface area contributed by atoms with Gasteiger partial charge in [-0.05, 0) is 19.3 Å². The zero-order chi connectivity index (χ0) is 8.97. The molecule has 1 amide bonds. The minimum Gasteiger partial charge on any atom is -0.355 e. The molecule has 4 nitrogen and oxygen atoms in total. The summed E-state index contributed by atoms with van der Waals surface area (Å²) in [5.74, 6) is 0.250. The van der Waals surface area contributed by atoms with Gasteiger partial charge in [-0.2, -0.15) is 0 Å². The Bertz CT molecular complexity index is 160. The number of hydrogen-bond donors (Lipinski definition) is 3. The highest BCUT2D eigenvalue weighted by molar-refractivity contribution is 5.78. The van der Waals surface area contributed by atoms with Crippen LogP contribution in [0.4, 0.5) is 0 Å². The number of rotatable bonds is 3. The average Bonchev–Trinajstić information content (AvgIpc) is 2.47. The number of nitrogens with two attached hydrogens (primary N) is 2. The van der Waals surface area contributed by atoms with E-state index in [0.717, 1.165) is 19.3 Å². The summed E-state index contributed by atoms with van der Waals surface area (Å²) in [5, 5.41) is 2.78. The molecule has 5 N–H and O–H groups in total. The van der Waals surface area contributed by atoms with Gasteiger partial charge in [0, 0.05) is 25.0 Å². The fourth-order valence-corrected chi connectivity index (χ4v) is 1.59. The monoisotopic (exact) mass is 171 g/mol. The minimum absolute atomic E-state index is 0.119. The highest BCUT2D eigenvalue weighted by atomic mass is 16.1. The molecule has 0 aromatic rings. The average molecular weight is 171 g/mol. The van der Waals surface area contributed by atoms with E-state index in [1.165, 1.54) is 0 Å². The van der Waals surface area contributed by atoms with Gasteiger partial charge in [-0.15, -0.1) is 0 Å². The molecule has 0 spiro atoms. The Morgan fingerprint density at radius 3 is 2.75 bits per heavy atom. The number of carbonyl (C=O) groups is 1. The first-order chi connectivity index (χ1) is 5.74. The van der Waals surface area contributed by atoms with Crippen molar-refractivity contribution in [3.8, 4) is 0 Å². The molecule has 0 aromatic heterocycles. The Morgan fingerprint density at radius 1 is 1.50 bits per heavy atom. The lowest BCUT2D eigenvalue weighted by Gasteiger charge is -2.09. The molecule has 0 radical (unpaired) electrons. The van der Waals surface area contributed by atoms with Gasteiger partial charge in [-0.25, -0.2) is 0 Å². The molecule has 0 saturated heterocycles. The highest BCUT2D eigenvalue weighted by Crippen LogP contribution is 2.23. The summed E-state index contributed by atoms with van der Waals surface area (Å²) in [6, 6.07) is 0.221.